The monoisotopic (exact) mass is 416 g/mol. The van der Waals surface area contributed by atoms with Crippen LogP contribution in [0.25, 0.3) is 5.65 Å². The molecule has 1 aliphatic rings. The lowest BCUT2D eigenvalue weighted by molar-refractivity contribution is -0.120. The van der Waals surface area contributed by atoms with Crippen molar-refractivity contribution in [2.24, 2.45) is 5.92 Å². The van der Waals surface area contributed by atoms with Crippen LogP contribution in [0.5, 0.6) is 0 Å². The van der Waals surface area contributed by atoms with Gasteiger partial charge in [0.05, 0.1) is 10.9 Å². The molecule has 1 aliphatic heterocycles. The third-order valence-corrected chi connectivity index (χ3v) is 5.38. The van der Waals surface area contributed by atoms with Gasteiger partial charge in [0.25, 0.3) is 0 Å². The van der Waals surface area contributed by atoms with E-state index < -0.39 is 5.82 Å². The summed E-state index contributed by atoms with van der Waals surface area (Å²) in [5, 5.41) is 15.9. The first-order chi connectivity index (χ1) is 13.9. The molecule has 0 unspecified atom stereocenters. The largest absolute Gasteiger partial charge is 0.354 e. The summed E-state index contributed by atoms with van der Waals surface area (Å²) in [6, 6.07) is 7.98. The number of carbonyl (C=O) groups excluding carboxylic acids is 1. The van der Waals surface area contributed by atoms with Gasteiger partial charge in [-0.3, -0.25) is 4.79 Å². The Kier molecular flexibility index (Phi) is 5.36. The number of hydrogen-bond donors (Lipinski definition) is 1. The maximum Gasteiger partial charge on any atom is 0.229 e. The molecule has 1 amide bonds. The Hall–Kier alpha value is -2.74. The van der Waals surface area contributed by atoms with E-state index in [-0.39, 0.29) is 22.8 Å². The third kappa shape index (κ3) is 4.03. The molecule has 7 nitrogen and oxygen atoms in total. The van der Waals surface area contributed by atoms with Crippen molar-refractivity contribution in [3.8, 4) is 0 Å². The van der Waals surface area contributed by atoms with E-state index in [1.165, 1.54) is 18.2 Å². The van der Waals surface area contributed by atoms with Crippen LogP contribution >= 0.6 is 11.6 Å². The van der Waals surface area contributed by atoms with E-state index in [0.717, 1.165) is 31.0 Å². The zero-order valence-corrected chi connectivity index (χ0v) is 17.0. The summed E-state index contributed by atoms with van der Waals surface area (Å²) in [6.45, 7) is 5.48. The molecule has 0 radical (unpaired) electrons. The molecule has 0 spiro atoms. The minimum absolute atomic E-state index is 0.0135. The minimum atomic E-state index is -0.510. The first-order valence-electron chi connectivity index (χ1n) is 9.65. The number of piperidine rings is 1. The molecule has 2 aromatic heterocycles. The van der Waals surface area contributed by atoms with Gasteiger partial charge in [-0.15, -0.1) is 15.3 Å². The second-order valence-corrected chi connectivity index (χ2v) is 7.98. The summed E-state index contributed by atoms with van der Waals surface area (Å²) in [5.41, 5.74) is 1.20. The molecule has 1 atom stereocenters. The van der Waals surface area contributed by atoms with Crippen molar-refractivity contribution in [2.75, 3.05) is 23.3 Å². The van der Waals surface area contributed by atoms with Crippen LogP contribution in [0.2, 0.25) is 5.02 Å². The maximum atomic E-state index is 13.3. The van der Waals surface area contributed by atoms with Gasteiger partial charge >= 0.3 is 0 Å². The molecular formula is C20H22ClFN6O. The van der Waals surface area contributed by atoms with Crippen LogP contribution in [0.4, 0.5) is 15.9 Å². The predicted octanol–water partition coefficient (Wildman–Crippen LogP) is 3.90. The van der Waals surface area contributed by atoms with Gasteiger partial charge in [-0.25, -0.2) is 4.39 Å². The summed E-state index contributed by atoms with van der Waals surface area (Å²) in [5.74, 6) is 0.990. The SMILES string of the molecule is CC(C)c1nnc2ccc(N3CCC[C@H](C(=O)Nc4ccc(F)c(Cl)c4)C3)nn12. The van der Waals surface area contributed by atoms with E-state index >= 15 is 0 Å². The lowest BCUT2D eigenvalue weighted by atomic mass is 9.97. The van der Waals surface area contributed by atoms with Gasteiger partial charge in [0, 0.05) is 24.7 Å². The zero-order valence-electron chi connectivity index (χ0n) is 16.3. The summed E-state index contributed by atoms with van der Waals surface area (Å²) in [6.07, 6.45) is 1.66. The Labute approximate surface area is 172 Å². The summed E-state index contributed by atoms with van der Waals surface area (Å²) >= 11 is 5.80. The quantitative estimate of drug-likeness (QED) is 0.698. The molecule has 0 bridgehead atoms. The van der Waals surface area contributed by atoms with Crippen LogP contribution in [0.15, 0.2) is 30.3 Å². The third-order valence-electron chi connectivity index (χ3n) is 5.09. The Morgan fingerprint density at radius 3 is 2.86 bits per heavy atom. The summed E-state index contributed by atoms with van der Waals surface area (Å²) < 4.78 is 15.1. The van der Waals surface area contributed by atoms with Crippen molar-refractivity contribution in [3.63, 3.8) is 0 Å². The molecule has 1 N–H and O–H groups in total. The molecule has 1 fully saturated rings. The lowest BCUT2D eigenvalue weighted by Crippen LogP contribution is -2.41. The van der Waals surface area contributed by atoms with Gasteiger partial charge in [-0.05, 0) is 43.2 Å². The van der Waals surface area contributed by atoms with E-state index in [0.29, 0.717) is 17.9 Å². The second kappa shape index (κ2) is 7.94. The highest BCUT2D eigenvalue weighted by Gasteiger charge is 2.27. The summed E-state index contributed by atoms with van der Waals surface area (Å²) in [7, 11) is 0. The van der Waals surface area contributed by atoms with Crippen molar-refractivity contribution in [2.45, 2.75) is 32.6 Å². The van der Waals surface area contributed by atoms with E-state index in [1.807, 2.05) is 26.0 Å². The van der Waals surface area contributed by atoms with Gasteiger partial charge in [-0.1, -0.05) is 25.4 Å². The minimum Gasteiger partial charge on any atom is -0.354 e. The topological polar surface area (TPSA) is 75.4 Å². The van der Waals surface area contributed by atoms with Crippen molar-refractivity contribution in [3.05, 3.63) is 47.0 Å². The van der Waals surface area contributed by atoms with Crippen LogP contribution in [0.1, 0.15) is 38.4 Å². The van der Waals surface area contributed by atoms with Gasteiger partial charge in [0.15, 0.2) is 11.5 Å². The average molecular weight is 417 g/mol. The van der Waals surface area contributed by atoms with Gasteiger partial charge in [0.1, 0.15) is 11.6 Å². The molecule has 1 aromatic carbocycles. The van der Waals surface area contributed by atoms with E-state index in [1.54, 1.807) is 4.52 Å². The number of anilines is 2. The molecule has 3 heterocycles. The molecule has 9 heteroatoms. The number of nitrogens with zero attached hydrogens (tertiary/aromatic N) is 5. The number of halogens is 2. The van der Waals surface area contributed by atoms with Crippen molar-refractivity contribution in [1.82, 2.24) is 19.8 Å². The molecule has 0 saturated carbocycles. The van der Waals surface area contributed by atoms with Crippen molar-refractivity contribution in [1.29, 1.82) is 0 Å². The fraction of sp³-hybridized carbons (Fsp3) is 0.400. The lowest BCUT2D eigenvalue weighted by Gasteiger charge is -2.32. The highest BCUT2D eigenvalue weighted by Crippen LogP contribution is 2.25. The standard InChI is InChI=1S/C20H22ClFN6O/c1-12(2)19-25-24-17-7-8-18(26-28(17)19)27-9-3-4-13(11-27)20(29)23-14-5-6-16(22)15(21)10-14/h5-8,10,12-13H,3-4,9,11H2,1-2H3,(H,23,29)/t13-/m0/s1. The van der Waals surface area contributed by atoms with Crippen molar-refractivity contribution >= 4 is 34.7 Å². The van der Waals surface area contributed by atoms with E-state index in [9.17, 15) is 9.18 Å². The van der Waals surface area contributed by atoms with Crippen molar-refractivity contribution < 1.29 is 9.18 Å². The van der Waals surface area contributed by atoms with Crippen LogP contribution in [-0.4, -0.2) is 38.8 Å². The number of aromatic nitrogens is 4. The highest BCUT2D eigenvalue weighted by molar-refractivity contribution is 6.31. The molecule has 0 aliphatic carbocycles. The summed E-state index contributed by atoms with van der Waals surface area (Å²) in [4.78, 5) is 14.8. The van der Waals surface area contributed by atoms with E-state index in [2.05, 4.69) is 20.4 Å². The second-order valence-electron chi connectivity index (χ2n) is 7.58. The number of hydrogen-bond acceptors (Lipinski definition) is 5. The van der Waals surface area contributed by atoms with Gasteiger partial charge < -0.3 is 10.2 Å². The zero-order chi connectivity index (χ0) is 20.5. The van der Waals surface area contributed by atoms with Crippen LogP contribution in [-0.2, 0) is 4.79 Å². The Morgan fingerprint density at radius 2 is 2.10 bits per heavy atom. The van der Waals surface area contributed by atoms with Crippen LogP contribution < -0.4 is 10.2 Å². The Morgan fingerprint density at radius 1 is 1.28 bits per heavy atom. The molecule has 4 rings (SSSR count). The molecule has 1 saturated heterocycles. The Bertz CT molecular complexity index is 1050. The van der Waals surface area contributed by atoms with E-state index in [4.69, 9.17) is 16.7 Å². The average Bonchev–Trinajstić information content (AvgIpc) is 3.14. The molecular weight excluding hydrogens is 395 g/mol. The normalized spacial score (nSPS) is 17.1. The fourth-order valence-corrected chi connectivity index (χ4v) is 3.72. The fourth-order valence-electron chi connectivity index (χ4n) is 3.54. The first-order valence-corrected chi connectivity index (χ1v) is 10.0. The number of fused-ring (bicyclic) bond motifs is 1. The number of nitrogens with one attached hydrogen (secondary N) is 1. The molecule has 152 valence electrons. The van der Waals surface area contributed by atoms with Gasteiger partial charge in [-0.2, -0.15) is 4.52 Å². The molecule has 3 aromatic rings. The predicted molar refractivity (Wildman–Crippen MR) is 110 cm³/mol. The number of benzene rings is 1. The highest BCUT2D eigenvalue weighted by atomic mass is 35.5. The number of carbonyl (C=O) groups is 1. The first kappa shape index (κ1) is 19.6. The van der Waals surface area contributed by atoms with Gasteiger partial charge in [0.2, 0.25) is 5.91 Å². The smallest absolute Gasteiger partial charge is 0.229 e. The number of rotatable bonds is 4. The Balaban J connectivity index is 1.50. The molecule has 29 heavy (non-hydrogen) atoms. The maximum absolute atomic E-state index is 13.3. The number of amides is 1. The van der Waals surface area contributed by atoms with Crippen LogP contribution in [0, 0.1) is 11.7 Å². The van der Waals surface area contributed by atoms with Crippen LogP contribution in [0.3, 0.4) is 0 Å².